The van der Waals surface area contributed by atoms with Crippen LogP contribution < -0.4 is 0 Å². The molecule has 0 bridgehead atoms. The summed E-state index contributed by atoms with van der Waals surface area (Å²) in [6.07, 6.45) is 0.494. The Hall–Kier alpha value is -3.31. The summed E-state index contributed by atoms with van der Waals surface area (Å²) in [5.74, 6) is -2.80. The Morgan fingerprint density at radius 2 is 1.79 bits per heavy atom. The van der Waals surface area contributed by atoms with E-state index in [-0.39, 0.29) is 51.9 Å². The highest BCUT2D eigenvalue weighted by Gasteiger charge is 2.58. The standard InChI is InChI=1S/C33H32Cl2F2N2O3/c1-32(2,3)16-29-33(19-38,25-13-12-22(34)15-28(25)36)26(24-6-5-7-27(35)30(24)37)18-39(29)17-23(40)14-20-8-10-21(11-9-20)31(41)42-4/h5-13,15,26,29H,14,16-18H2,1-4H3/t26-,29+,33-/m1/s1. The van der Waals surface area contributed by atoms with Crippen molar-refractivity contribution in [2.24, 2.45) is 5.41 Å². The molecule has 1 heterocycles. The Balaban J connectivity index is 1.79. The maximum absolute atomic E-state index is 15.7. The monoisotopic (exact) mass is 612 g/mol. The number of rotatable bonds is 8. The molecule has 9 heteroatoms. The predicted octanol–water partition coefficient (Wildman–Crippen LogP) is 7.54. The van der Waals surface area contributed by atoms with Crippen LogP contribution in [0.2, 0.25) is 10.0 Å². The number of hydrogen-bond acceptors (Lipinski definition) is 5. The predicted molar refractivity (Wildman–Crippen MR) is 159 cm³/mol. The first-order valence-corrected chi connectivity index (χ1v) is 14.3. The van der Waals surface area contributed by atoms with Gasteiger partial charge < -0.3 is 4.74 Å². The van der Waals surface area contributed by atoms with E-state index < -0.39 is 35.0 Å². The summed E-state index contributed by atoms with van der Waals surface area (Å²) < 4.78 is 36.1. The Morgan fingerprint density at radius 3 is 2.38 bits per heavy atom. The Morgan fingerprint density at radius 1 is 1.10 bits per heavy atom. The molecule has 4 rings (SSSR count). The Bertz CT molecular complexity index is 1530. The van der Waals surface area contributed by atoms with Crippen molar-refractivity contribution in [2.75, 3.05) is 20.2 Å². The first-order valence-electron chi connectivity index (χ1n) is 13.5. The summed E-state index contributed by atoms with van der Waals surface area (Å²) in [7, 11) is 1.30. The fourth-order valence-corrected chi connectivity index (χ4v) is 6.34. The number of methoxy groups -OCH3 is 1. The van der Waals surface area contributed by atoms with Gasteiger partial charge in [0.2, 0.25) is 0 Å². The number of esters is 1. The molecule has 3 aromatic rings. The van der Waals surface area contributed by atoms with E-state index in [1.807, 2.05) is 25.7 Å². The lowest BCUT2D eigenvalue weighted by Crippen LogP contribution is -2.47. The summed E-state index contributed by atoms with van der Waals surface area (Å²) in [5.41, 5.74) is -0.536. The molecule has 220 valence electrons. The molecule has 1 saturated heterocycles. The minimum Gasteiger partial charge on any atom is -0.465 e. The molecule has 1 aliphatic heterocycles. The highest BCUT2D eigenvalue weighted by Crippen LogP contribution is 2.53. The van der Waals surface area contributed by atoms with Crippen molar-refractivity contribution in [1.82, 2.24) is 4.90 Å². The third-order valence-corrected chi connectivity index (χ3v) is 8.34. The molecule has 3 aromatic carbocycles. The number of nitrogens with zero attached hydrogens (tertiary/aromatic N) is 2. The number of carbonyl (C=O) groups excluding carboxylic acids is 2. The zero-order valence-electron chi connectivity index (χ0n) is 23.9. The fraction of sp³-hybridized carbons (Fsp3) is 0.364. The molecule has 0 aliphatic carbocycles. The molecule has 0 spiro atoms. The smallest absolute Gasteiger partial charge is 0.337 e. The van der Waals surface area contributed by atoms with Crippen molar-refractivity contribution in [3.63, 3.8) is 0 Å². The van der Waals surface area contributed by atoms with Crippen molar-refractivity contribution in [2.45, 2.75) is 51.0 Å². The number of hydrogen-bond donors (Lipinski definition) is 0. The van der Waals surface area contributed by atoms with Crippen LogP contribution in [0.5, 0.6) is 0 Å². The van der Waals surface area contributed by atoms with Crippen molar-refractivity contribution < 1.29 is 23.1 Å². The van der Waals surface area contributed by atoms with Crippen LogP contribution in [-0.2, 0) is 21.4 Å². The van der Waals surface area contributed by atoms with Gasteiger partial charge >= 0.3 is 5.97 Å². The van der Waals surface area contributed by atoms with Gasteiger partial charge in [0.05, 0.1) is 30.3 Å². The lowest BCUT2D eigenvalue weighted by atomic mass is 9.64. The molecule has 42 heavy (non-hydrogen) atoms. The van der Waals surface area contributed by atoms with E-state index in [0.29, 0.717) is 17.5 Å². The van der Waals surface area contributed by atoms with Crippen LogP contribution in [-0.4, -0.2) is 42.9 Å². The Labute approximate surface area is 255 Å². The third kappa shape index (κ3) is 6.36. The van der Waals surface area contributed by atoms with Gasteiger partial charge in [-0.3, -0.25) is 9.69 Å². The molecule has 5 nitrogen and oxygen atoms in total. The van der Waals surface area contributed by atoms with Crippen LogP contribution >= 0.6 is 23.2 Å². The van der Waals surface area contributed by atoms with E-state index in [0.717, 1.165) is 6.07 Å². The van der Waals surface area contributed by atoms with Gasteiger partial charge in [-0.15, -0.1) is 0 Å². The largest absolute Gasteiger partial charge is 0.465 e. The molecule has 0 N–H and O–H groups in total. The molecule has 0 aromatic heterocycles. The molecular weight excluding hydrogens is 581 g/mol. The van der Waals surface area contributed by atoms with Gasteiger partial charge in [0.15, 0.2) is 5.78 Å². The summed E-state index contributed by atoms with van der Waals surface area (Å²) in [5, 5.41) is 11.0. The van der Waals surface area contributed by atoms with Crippen LogP contribution in [0.1, 0.15) is 60.2 Å². The van der Waals surface area contributed by atoms with Gasteiger partial charge in [-0.2, -0.15) is 5.26 Å². The van der Waals surface area contributed by atoms with Crippen molar-refractivity contribution in [3.05, 3.63) is 105 Å². The van der Waals surface area contributed by atoms with E-state index in [1.54, 1.807) is 36.4 Å². The molecule has 0 radical (unpaired) electrons. The maximum atomic E-state index is 15.7. The normalized spacial score (nSPS) is 20.7. The minimum absolute atomic E-state index is 0.0448. The highest BCUT2D eigenvalue weighted by atomic mass is 35.5. The van der Waals surface area contributed by atoms with Crippen molar-refractivity contribution >= 4 is 35.0 Å². The number of likely N-dealkylation sites (tertiary alicyclic amines) is 1. The van der Waals surface area contributed by atoms with Gasteiger partial charge in [0.25, 0.3) is 0 Å². The van der Waals surface area contributed by atoms with Gasteiger partial charge in [-0.1, -0.05) is 74.3 Å². The molecule has 0 saturated carbocycles. The molecule has 1 fully saturated rings. The van der Waals surface area contributed by atoms with Crippen LogP contribution in [0.25, 0.3) is 0 Å². The molecule has 0 unspecified atom stereocenters. The number of ketones is 1. The summed E-state index contributed by atoms with van der Waals surface area (Å²) in [6.45, 7) is 6.09. The highest BCUT2D eigenvalue weighted by molar-refractivity contribution is 6.31. The SMILES string of the molecule is COC(=O)c1ccc(CC(=O)CN2C[C@H](c3cccc(Cl)c3F)[C@@](C#N)(c3ccc(Cl)cc3F)[C@@H]2CC(C)(C)C)cc1. The molecular formula is C33H32Cl2F2N2O3. The fourth-order valence-electron chi connectivity index (χ4n) is 6.00. The molecule has 3 atom stereocenters. The summed E-state index contributed by atoms with van der Waals surface area (Å²) >= 11 is 12.3. The minimum atomic E-state index is -1.56. The topological polar surface area (TPSA) is 70.4 Å². The molecule has 0 amide bonds. The van der Waals surface area contributed by atoms with Crippen LogP contribution in [0.15, 0.2) is 60.7 Å². The second kappa shape index (κ2) is 12.5. The Kier molecular flexibility index (Phi) is 9.42. The first kappa shape index (κ1) is 31.6. The van der Waals surface area contributed by atoms with E-state index in [1.165, 1.54) is 25.3 Å². The number of carbonyl (C=O) groups is 2. The molecule has 1 aliphatic rings. The van der Waals surface area contributed by atoms with E-state index in [4.69, 9.17) is 27.9 Å². The summed E-state index contributed by atoms with van der Waals surface area (Å²) in [4.78, 5) is 27.1. The second-order valence-electron chi connectivity index (χ2n) is 11.9. The second-order valence-corrected chi connectivity index (χ2v) is 12.8. The van der Waals surface area contributed by atoms with Crippen LogP contribution in [0, 0.1) is 28.4 Å². The lowest BCUT2D eigenvalue weighted by molar-refractivity contribution is -0.120. The summed E-state index contributed by atoms with van der Waals surface area (Å²) in [6, 6.07) is 17.1. The quantitative estimate of drug-likeness (QED) is 0.246. The van der Waals surface area contributed by atoms with Crippen molar-refractivity contribution in [1.29, 1.82) is 5.26 Å². The number of ether oxygens (including phenoxy) is 1. The number of nitriles is 1. The average molecular weight is 614 g/mol. The van der Waals surface area contributed by atoms with E-state index >= 15 is 8.78 Å². The van der Waals surface area contributed by atoms with Gasteiger partial charge in [0, 0.05) is 35.5 Å². The van der Waals surface area contributed by atoms with Crippen LogP contribution in [0.4, 0.5) is 8.78 Å². The van der Waals surface area contributed by atoms with Gasteiger partial charge in [-0.05, 0) is 53.3 Å². The van der Waals surface area contributed by atoms with Crippen LogP contribution in [0.3, 0.4) is 0 Å². The van der Waals surface area contributed by atoms with E-state index in [9.17, 15) is 14.9 Å². The maximum Gasteiger partial charge on any atom is 0.337 e. The first-order chi connectivity index (χ1) is 19.8. The average Bonchev–Trinajstić information content (AvgIpc) is 3.21. The number of benzene rings is 3. The zero-order chi connectivity index (χ0) is 30.8. The van der Waals surface area contributed by atoms with E-state index in [2.05, 4.69) is 6.07 Å². The zero-order valence-corrected chi connectivity index (χ0v) is 25.4. The lowest BCUT2D eigenvalue weighted by Gasteiger charge is -2.39. The third-order valence-electron chi connectivity index (χ3n) is 7.81. The number of halogens is 4. The van der Waals surface area contributed by atoms with Gasteiger partial charge in [-0.25, -0.2) is 13.6 Å². The number of Topliss-reactive ketones (excluding diaryl/α,β-unsaturated/α-hetero) is 1. The van der Waals surface area contributed by atoms with Gasteiger partial charge in [0.1, 0.15) is 17.0 Å². The van der Waals surface area contributed by atoms with Crippen molar-refractivity contribution in [3.8, 4) is 6.07 Å².